The van der Waals surface area contributed by atoms with E-state index in [9.17, 15) is 0 Å². The van der Waals surface area contributed by atoms with Crippen LogP contribution in [0, 0.1) is 0 Å². The molecule has 0 saturated heterocycles. The summed E-state index contributed by atoms with van der Waals surface area (Å²) in [6, 6.07) is 32.6. The van der Waals surface area contributed by atoms with Gasteiger partial charge in [0.2, 0.25) is 0 Å². The van der Waals surface area contributed by atoms with E-state index in [2.05, 4.69) is 91.0 Å². The Morgan fingerprint density at radius 2 is 0.667 bits per heavy atom. The summed E-state index contributed by atoms with van der Waals surface area (Å²) >= 11 is -1.05. The zero-order chi connectivity index (χ0) is 12.9. The van der Waals surface area contributed by atoms with Crippen LogP contribution >= 0.6 is 22.3 Å². The van der Waals surface area contributed by atoms with Crippen molar-refractivity contribution in [1.29, 1.82) is 0 Å². The van der Waals surface area contributed by atoms with E-state index in [-0.39, 0.29) is 22.3 Å². The van der Waals surface area contributed by atoms with Crippen LogP contribution in [-0.2, 0) is 16.8 Å². The van der Waals surface area contributed by atoms with Crippen molar-refractivity contribution in [3.8, 4) is 0 Å². The standard InChI is InChI=1S/3C6H5.ClH.H3P.Pd/c3*1-2-4-6-5-3-1;;;/h3*1-5H;1H;1H3;. The van der Waals surface area contributed by atoms with Gasteiger partial charge in [0.25, 0.3) is 0 Å². The van der Waals surface area contributed by atoms with E-state index in [1.54, 1.807) is 0 Å². The minimum atomic E-state index is -1.05. The van der Waals surface area contributed by atoms with Crippen molar-refractivity contribution in [2.24, 2.45) is 0 Å². The number of benzene rings is 3. The number of hydrogen-bond donors (Lipinski definition) is 0. The van der Waals surface area contributed by atoms with Crippen LogP contribution in [0.25, 0.3) is 0 Å². The van der Waals surface area contributed by atoms with Gasteiger partial charge in [-0.2, -0.15) is 9.90 Å². The van der Waals surface area contributed by atoms with Crippen LogP contribution in [0.1, 0.15) is 0 Å². The van der Waals surface area contributed by atoms with Crippen molar-refractivity contribution in [3.63, 3.8) is 0 Å². The summed E-state index contributed by atoms with van der Waals surface area (Å²) in [6.07, 6.45) is 0. The molecule has 0 aromatic heterocycles. The molecule has 0 saturated carbocycles. The van der Waals surface area contributed by atoms with Crippen molar-refractivity contribution < 1.29 is 16.8 Å². The Morgan fingerprint density at radius 3 is 0.905 bits per heavy atom. The number of hydrogen-bond acceptors (Lipinski definition) is 0. The Kier molecular flexibility index (Phi) is 7.87. The summed E-state index contributed by atoms with van der Waals surface area (Å²) < 4.78 is 4.35. The van der Waals surface area contributed by atoms with Gasteiger partial charge in [-0.05, 0) is 0 Å². The molecule has 3 rings (SSSR count). The van der Waals surface area contributed by atoms with Gasteiger partial charge in [0.15, 0.2) is 0 Å². The first-order valence-electron chi connectivity index (χ1n) is 6.21. The van der Waals surface area contributed by atoms with E-state index in [4.69, 9.17) is 0 Å². The third-order valence-electron chi connectivity index (χ3n) is 2.69. The SMILES string of the molecule is Cl.P.c1cc[c]([Pd]([c]2ccccc2)[c]2ccccc2)cc1. The molecule has 1 atom stereocenters. The molecule has 0 nitrogen and oxygen atoms in total. The second kappa shape index (κ2) is 9.14. The summed E-state index contributed by atoms with van der Waals surface area (Å²) in [5.41, 5.74) is 0. The molecule has 0 spiro atoms. The summed E-state index contributed by atoms with van der Waals surface area (Å²) in [4.78, 5) is 0. The Balaban J connectivity index is 0.00000110. The molecule has 1 unspecified atom stereocenters. The monoisotopic (exact) mass is 407 g/mol. The first-order valence-corrected chi connectivity index (χ1v) is 8.54. The minimum absolute atomic E-state index is 0. The fourth-order valence-electron chi connectivity index (χ4n) is 1.84. The van der Waals surface area contributed by atoms with Crippen molar-refractivity contribution in [3.05, 3.63) is 91.0 Å². The number of halogens is 1. The van der Waals surface area contributed by atoms with Gasteiger partial charge in [-0.1, -0.05) is 0 Å². The molecule has 3 aromatic carbocycles. The molecule has 0 aliphatic heterocycles. The molecule has 0 amide bonds. The summed E-state index contributed by atoms with van der Waals surface area (Å²) in [5, 5.41) is 0. The molecular weight excluding hydrogens is 389 g/mol. The maximum absolute atomic E-state index is 2.25. The average molecular weight is 408 g/mol. The fraction of sp³-hybridized carbons (Fsp3) is 0. The van der Waals surface area contributed by atoms with Crippen LogP contribution in [0.5, 0.6) is 0 Å². The van der Waals surface area contributed by atoms with E-state index in [1.165, 1.54) is 12.1 Å². The van der Waals surface area contributed by atoms with Crippen LogP contribution < -0.4 is 12.1 Å². The van der Waals surface area contributed by atoms with Crippen LogP contribution in [0.3, 0.4) is 0 Å². The van der Waals surface area contributed by atoms with Crippen molar-refractivity contribution in [2.75, 3.05) is 0 Å². The van der Waals surface area contributed by atoms with Gasteiger partial charge >= 0.3 is 120 Å². The van der Waals surface area contributed by atoms with E-state index in [1.807, 2.05) is 0 Å². The third kappa shape index (κ3) is 4.50. The Bertz CT molecular complexity index is 535. The Morgan fingerprint density at radius 1 is 0.429 bits per heavy atom. The molecule has 21 heavy (non-hydrogen) atoms. The Labute approximate surface area is 141 Å². The number of rotatable bonds is 3. The van der Waals surface area contributed by atoms with Gasteiger partial charge in [0.05, 0.1) is 0 Å². The molecule has 0 radical (unpaired) electrons. The fourth-order valence-corrected chi connectivity index (χ4v) is 5.85. The van der Waals surface area contributed by atoms with Crippen LogP contribution in [-0.4, -0.2) is 0 Å². The predicted octanol–water partition coefficient (Wildman–Crippen LogP) is 3.06. The van der Waals surface area contributed by atoms with Gasteiger partial charge in [-0.3, -0.25) is 0 Å². The Hall–Kier alpha value is -0.958. The quantitative estimate of drug-likeness (QED) is 0.462. The van der Waals surface area contributed by atoms with E-state index in [0.29, 0.717) is 0 Å². The van der Waals surface area contributed by atoms with E-state index < -0.39 is 16.8 Å². The van der Waals surface area contributed by atoms with Crippen LogP contribution in [0.2, 0.25) is 0 Å². The molecule has 113 valence electrons. The van der Waals surface area contributed by atoms with Crippen molar-refractivity contribution in [2.45, 2.75) is 0 Å². The molecule has 0 aliphatic rings. The van der Waals surface area contributed by atoms with E-state index in [0.717, 1.165) is 0 Å². The first-order chi connectivity index (χ1) is 9.45. The van der Waals surface area contributed by atoms with Crippen molar-refractivity contribution >= 4 is 34.4 Å². The van der Waals surface area contributed by atoms with Gasteiger partial charge < -0.3 is 0 Å². The van der Waals surface area contributed by atoms with Crippen LogP contribution in [0.4, 0.5) is 0 Å². The molecule has 3 aromatic rings. The molecule has 3 heteroatoms. The maximum atomic E-state index is 2.25. The second-order valence-electron chi connectivity index (χ2n) is 4.02. The second-order valence-corrected chi connectivity index (χ2v) is 7.88. The molecule has 0 bridgehead atoms. The van der Waals surface area contributed by atoms with Gasteiger partial charge in [0, 0.05) is 0 Å². The topological polar surface area (TPSA) is 0 Å². The molecular formula is C18H19ClPPd. The predicted molar refractivity (Wildman–Crippen MR) is 96.6 cm³/mol. The van der Waals surface area contributed by atoms with Crippen LogP contribution in [0.15, 0.2) is 91.0 Å². The van der Waals surface area contributed by atoms with Crippen molar-refractivity contribution in [1.82, 2.24) is 0 Å². The summed E-state index contributed by atoms with van der Waals surface area (Å²) in [6.45, 7) is 0. The average Bonchev–Trinajstić information content (AvgIpc) is 2.51. The molecule has 0 N–H and O–H groups in total. The van der Waals surface area contributed by atoms with Gasteiger partial charge in [-0.25, -0.2) is 0 Å². The third-order valence-corrected chi connectivity index (χ3v) is 6.93. The first kappa shape index (κ1) is 18.1. The normalized spacial score (nSPS) is 10.0. The summed E-state index contributed by atoms with van der Waals surface area (Å²) in [7, 11) is 0. The van der Waals surface area contributed by atoms with Gasteiger partial charge in [0.1, 0.15) is 0 Å². The van der Waals surface area contributed by atoms with E-state index >= 15 is 0 Å². The van der Waals surface area contributed by atoms with Gasteiger partial charge in [-0.15, -0.1) is 12.4 Å². The zero-order valence-electron chi connectivity index (χ0n) is 11.6. The zero-order valence-corrected chi connectivity index (χ0v) is 15.4. The molecule has 0 heterocycles. The molecule has 0 aliphatic carbocycles. The molecule has 0 fully saturated rings. The summed E-state index contributed by atoms with van der Waals surface area (Å²) in [5.74, 6) is 0.